The predicted molar refractivity (Wildman–Crippen MR) is 66.3 cm³/mol. The van der Waals surface area contributed by atoms with E-state index in [1.54, 1.807) is 13.0 Å². The minimum atomic E-state index is -0.181. The average Bonchev–Trinajstić information content (AvgIpc) is 2.19. The van der Waals surface area contributed by atoms with Crippen LogP contribution in [0, 0.1) is 12.7 Å². The van der Waals surface area contributed by atoms with Crippen molar-refractivity contribution in [3.8, 4) is 0 Å². The SMILES string of the molecule is Cc1cc2c(cc1F)SNC(=NC(C)C)N2. The first kappa shape index (κ1) is 11.3. The highest BCUT2D eigenvalue weighted by Crippen LogP contribution is 2.31. The minimum Gasteiger partial charge on any atom is -0.325 e. The van der Waals surface area contributed by atoms with E-state index in [9.17, 15) is 4.39 Å². The van der Waals surface area contributed by atoms with Gasteiger partial charge in [0.1, 0.15) is 5.82 Å². The predicted octanol–water partition coefficient (Wildman–Crippen LogP) is 2.92. The Labute approximate surface area is 98.7 Å². The zero-order valence-electron chi connectivity index (χ0n) is 9.47. The number of rotatable bonds is 1. The molecule has 2 rings (SSSR count). The van der Waals surface area contributed by atoms with Gasteiger partial charge in [0.05, 0.1) is 10.6 Å². The molecule has 0 unspecified atom stereocenters. The Hall–Kier alpha value is -1.23. The molecule has 1 aliphatic heterocycles. The molecule has 1 aromatic carbocycles. The molecule has 0 saturated heterocycles. The second-order valence-corrected chi connectivity index (χ2v) is 4.85. The lowest BCUT2D eigenvalue weighted by molar-refractivity contribution is 0.615. The van der Waals surface area contributed by atoms with Crippen LogP contribution < -0.4 is 10.0 Å². The molecule has 1 heterocycles. The molecule has 0 saturated carbocycles. The van der Waals surface area contributed by atoms with Crippen molar-refractivity contribution in [2.75, 3.05) is 5.32 Å². The van der Waals surface area contributed by atoms with Crippen LogP contribution in [0.15, 0.2) is 22.0 Å². The first-order valence-electron chi connectivity index (χ1n) is 5.14. The van der Waals surface area contributed by atoms with Crippen LogP contribution >= 0.6 is 11.9 Å². The summed E-state index contributed by atoms with van der Waals surface area (Å²) in [5.74, 6) is 0.539. The third-order valence-electron chi connectivity index (χ3n) is 2.16. The van der Waals surface area contributed by atoms with E-state index in [-0.39, 0.29) is 11.9 Å². The largest absolute Gasteiger partial charge is 0.325 e. The van der Waals surface area contributed by atoms with Gasteiger partial charge in [0.25, 0.3) is 0 Å². The molecule has 0 atom stereocenters. The molecule has 0 radical (unpaired) electrons. The van der Waals surface area contributed by atoms with Crippen molar-refractivity contribution in [2.24, 2.45) is 4.99 Å². The molecule has 0 aromatic heterocycles. The van der Waals surface area contributed by atoms with Gasteiger partial charge in [0.2, 0.25) is 5.96 Å². The number of aliphatic imine (C=N–C) groups is 1. The van der Waals surface area contributed by atoms with E-state index in [4.69, 9.17) is 0 Å². The van der Waals surface area contributed by atoms with Crippen LogP contribution in [0.4, 0.5) is 10.1 Å². The van der Waals surface area contributed by atoms with Crippen molar-refractivity contribution < 1.29 is 4.39 Å². The van der Waals surface area contributed by atoms with Gasteiger partial charge in [-0.3, -0.25) is 4.72 Å². The van der Waals surface area contributed by atoms with Crippen LogP contribution in [0.5, 0.6) is 0 Å². The van der Waals surface area contributed by atoms with E-state index in [2.05, 4.69) is 15.0 Å². The smallest absolute Gasteiger partial charge is 0.206 e. The van der Waals surface area contributed by atoms with Crippen molar-refractivity contribution >= 4 is 23.6 Å². The number of hydrogen-bond donors (Lipinski definition) is 2. The van der Waals surface area contributed by atoms with E-state index in [0.29, 0.717) is 5.56 Å². The van der Waals surface area contributed by atoms with Crippen molar-refractivity contribution in [1.82, 2.24) is 4.72 Å². The summed E-state index contributed by atoms with van der Waals surface area (Å²) in [4.78, 5) is 5.22. The number of anilines is 1. The maximum absolute atomic E-state index is 13.3. The summed E-state index contributed by atoms with van der Waals surface area (Å²) in [6.45, 7) is 5.77. The van der Waals surface area contributed by atoms with Gasteiger partial charge in [-0.2, -0.15) is 0 Å². The minimum absolute atomic E-state index is 0.181. The monoisotopic (exact) mass is 239 g/mol. The summed E-state index contributed by atoms with van der Waals surface area (Å²) in [6, 6.07) is 3.55. The van der Waals surface area contributed by atoms with E-state index >= 15 is 0 Å². The van der Waals surface area contributed by atoms with Gasteiger partial charge in [-0.15, -0.1) is 0 Å². The van der Waals surface area contributed by atoms with Gasteiger partial charge in [-0.05, 0) is 50.4 Å². The number of fused-ring (bicyclic) bond motifs is 1. The summed E-state index contributed by atoms with van der Waals surface area (Å²) in [5.41, 5.74) is 1.54. The van der Waals surface area contributed by atoms with Gasteiger partial charge in [0.15, 0.2) is 0 Å². The molecule has 0 amide bonds. The zero-order chi connectivity index (χ0) is 11.7. The molecular weight excluding hydrogens is 225 g/mol. The highest BCUT2D eigenvalue weighted by atomic mass is 32.2. The second kappa shape index (κ2) is 4.33. The summed E-state index contributed by atoms with van der Waals surface area (Å²) in [6.07, 6.45) is 0. The van der Waals surface area contributed by atoms with E-state index in [1.165, 1.54) is 18.0 Å². The van der Waals surface area contributed by atoms with Gasteiger partial charge in [0, 0.05) is 6.04 Å². The topological polar surface area (TPSA) is 36.4 Å². The first-order chi connectivity index (χ1) is 7.56. The molecule has 1 aromatic rings. The van der Waals surface area contributed by atoms with Gasteiger partial charge < -0.3 is 5.32 Å². The van der Waals surface area contributed by atoms with Crippen LogP contribution in [0.2, 0.25) is 0 Å². The Bertz CT molecular complexity index is 443. The Kier molecular flexibility index (Phi) is 3.05. The van der Waals surface area contributed by atoms with Crippen molar-refractivity contribution in [1.29, 1.82) is 0 Å². The number of guanidine groups is 1. The third kappa shape index (κ3) is 2.29. The highest BCUT2D eigenvalue weighted by Gasteiger charge is 2.15. The molecule has 2 N–H and O–H groups in total. The molecule has 0 aliphatic carbocycles. The number of benzene rings is 1. The highest BCUT2D eigenvalue weighted by molar-refractivity contribution is 7.98. The molecule has 0 bridgehead atoms. The normalized spacial score (nSPS) is 16.9. The molecule has 0 spiro atoms. The summed E-state index contributed by atoms with van der Waals surface area (Å²) in [7, 11) is 0. The molecule has 1 aliphatic rings. The van der Waals surface area contributed by atoms with Crippen LogP contribution in [0.3, 0.4) is 0 Å². The fraction of sp³-hybridized carbons (Fsp3) is 0.364. The number of nitrogens with zero attached hydrogens (tertiary/aromatic N) is 1. The standard InChI is InChI=1S/C11H14FN3S/c1-6(2)13-11-14-9-4-7(3)8(12)5-10(9)16-15-11/h4-6H,1-3H3,(H2,13,14,15). The lowest BCUT2D eigenvalue weighted by atomic mass is 10.2. The molecule has 5 heteroatoms. The molecule has 0 fully saturated rings. The Morgan fingerprint density at radius 2 is 2.12 bits per heavy atom. The summed E-state index contributed by atoms with van der Waals surface area (Å²) >= 11 is 1.38. The van der Waals surface area contributed by atoms with Crippen molar-refractivity contribution in [3.05, 3.63) is 23.5 Å². The zero-order valence-corrected chi connectivity index (χ0v) is 10.3. The molecular formula is C11H14FN3S. The van der Waals surface area contributed by atoms with E-state index in [0.717, 1.165) is 16.5 Å². The fourth-order valence-electron chi connectivity index (χ4n) is 1.42. The molecule has 3 nitrogen and oxygen atoms in total. The van der Waals surface area contributed by atoms with Crippen LogP contribution in [0.1, 0.15) is 19.4 Å². The Morgan fingerprint density at radius 3 is 2.81 bits per heavy atom. The van der Waals surface area contributed by atoms with Gasteiger partial charge in [-0.25, -0.2) is 9.38 Å². The fourth-order valence-corrected chi connectivity index (χ4v) is 2.11. The maximum atomic E-state index is 13.3. The number of aryl methyl sites for hydroxylation is 1. The lowest BCUT2D eigenvalue weighted by Crippen LogP contribution is -2.30. The third-order valence-corrected chi connectivity index (χ3v) is 3.01. The Morgan fingerprint density at radius 1 is 1.38 bits per heavy atom. The van der Waals surface area contributed by atoms with E-state index in [1.807, 2.05) is 13.8 Å². The van der Waals surface area contributed by atoms with Gasteiger partial charge in [-0.1, -0.05) is 0 Å². The first-order valence-corrected chi connectivity index (χ1v) is 5.95. The maximum Gasteiger partial charge on any atom is 0.206 e. The number of halogens is 1. The molecule has 86 valence electrons. The second-order valence-electron chi connectivity index (χ2n) is 4.00. The summed E-state index contributed by atoms with van der Waals surface area (Å²) in [5, 5.41) is 3.15. The van der Waals surface area contributed by atoms with Crippen LogP contribution in [0.25, 0.3) is 0 Å². The lowest BCUT2D eigenvalue weighted by Gasteiger charge is -2.21. The van der Waals surface area contributed by atoms with Crippen LogP contribution in [-0.4, -0.2) is 12.0 Å². The Balaban J connectivity index is 2.30. The average molecular weight is 239 g/mol. The quantitative estimate of drug-likeness (QED) is 0.740. The number of nitrogens with one attached hydrogen (secondary N) is 2. The van der Waals surface area contributed by atoms with Crippen molar-refractivity contribution in [3.63, 3.8) is 0 Å². The molecule has 16 heavy (non-hydrogen) atoms. The summed E-state index contributed by atoms with van der Waals surface area (Å²) < 4.78 is 16.4. The van der Waals surface area contributed by atoms with Crippen molar-refractivity contribution in [2.45, 2.75) is 31.7 Å². The van der Waals surface area contributed by atoms with Crippen LogP contribution in [-0.2, 0) is 0 Å². The van der Waals surface area contributed by atoms with E-state index < -0.39 is 0 Å². The van der Waals surface area contributed by atoms with Gasteiger partial charge >= 0.3 is 0 Å². The number of hydrogen-bond acceptors (Lipinski definition) is 2.